The van der Waals surface area contributed by atoms with E-state index in [0.29, 0.717) is 24.6 Å². The average Bonchev–Trinajstić information content (AvgIpc) is 2.97. The summed E-state index contributed by atoms with van der Waals surface area (Å²) in [4.78, 5) is 16.1. The van der Waals surface area contributed by atoms with Crippen molar-refractivity contribution in [2.45, 2.75) is 32.7 Å². The first-order valence-corrected chi connectivity index (χ1v) is 6.49. The summed E-state index contributed by atoms with van der Waals surface area (Å²) in [7, 11) is 0. The second kappa shape index (κ2) is 5.46. The summed E-state index contributed by atoms with van der Waals surface area (Å²) >= 11 is 0. The molecule has 0 saturated heterocycles. The fourth-order valence-electron chi connectivity index (χ4n) is 1.70. The van der Waals surface area contributed by atoms with E-state index in [9.17, 15) is 4.79 Å². The Morgan fingerprint density at radius 1 is 1.50 bits per heavy atom. The van der Waals surface area contributed by atoms with Gasteiger partial charge in [-0.25, -0.2) is 4.98 Å². The van der Waals surface area contributed by atoms with Crippen LogP contribution >= 0.6 is 0 Å². The number of hydrogen-bond acceptors (Lipinski definition) is 4. The number of anilines is 1. The molecule has 7 heteroatoms. The molecule has 0 spiro atoms. The second-order valence-corrected chi connectivity index (χ2v) is 5.66. The highest BCUT2D eigenvalue weighted by Crippen LogP contribution is 2.22. The lowest BCUT2D eigenvalue weighted by Crippen LogP contribution is -2.13. The first-order valence-electron chi connectivity index (χ1n) is 6.49. The average molecular weight is 276 g/mol. The fourth-order valence-corrected chi connectivity index (χ4v) is 1.70. The van der Waals surface area contributed by atoms with E-state index in [0.717, 1.165) is 5.69 Å². The monoisotopic (exact) mass is 276 g/mol. The van der Waals surface area contributed by atoms with Crippen molar-refractivity contribution in [3.8, 4) is 0 Å². The molecule has 0 unspecified atom stereocenters. The van der Waals surface area contributed by atoms with Gasteiger partial charge in [-0.15, -0.1) is 0 Å². The lowest BCUT2D eigenvalue weighted by Gasteiger charge is -2.14. The summed E-state index contributed by atoms with van der Waals surface area (Å²) in [6, 6.07) is 1.83. The maximum atomic E-state index is 12.0. The number of nitrogens with one attached hydrogen (secondary N) is 2. The molecule has 0 bridgehead atoms. The zero-order valence-corrected chi connectivity index (χ0v) is 12.0. The quantitative estimate of drug-likeness (QED) is 0.778. The zero-order chi connectivity index (χ0) is 14.8. The molecule has 4 N–H and O–H groups in total. The van der Waals surface area contributed by atoms with Gasteiger partial charge in [-0.2, -0.15) is 5.10 Å². The molecular weight excluding hydrogens is 256 g/mol. The number of amides is 1. The first-order chi connectivity index (χ1) is 9.40. The molecule has 2 heterocycles. The van der Waals surface area contributed by atoms with Crippen molar-refractivity contribution in [1.82, 2.24) is 19.7 Å². The van der Waals surface area contributed by atoms with Crippen LogP contribution < -0.4 is 11.1 Å². The van der Waals surface area contributed by atoms with E-state index in [4.69, 9.17) is 5.73 Å². The Labute approximate surface area is 117 Å². The number of hydrogen-bond donors (Lipinski definition) is 3. The largest absolute Gasteiger partial charge is 0.335 e. The predicted molar refractivity (Wildman–Crippen MR) is 76.5 cm³/mol. The molecule has 0 saturated carbocycles. The van der Waals surface area contributed by atoms with Gasteiger partial charge in [-0.05, 0) is 0 Å². The summed E-state index contributed by atoms with van der Waals surface area (Å²) < 4.78 is 1.78. The summed E-state index contributed by atoms with van der Waals surface area (Å²) in [5.41, 5.74) is 6.71. The van der Waals surface area contributed by atoms with Crippen molar-refractivity contribution in [1.29, 1.82) is 0 Å². The molecule has 0 aliphatic carbocycles. The summed E-state index contributed by atoms with van der Waals surface area (Å²) in [6.07, 6.45) is 3.26. The van der Waals surface area contributed by atoms with Gasteiger partial charge in [0.15, 0.2) is 5.82 Å². The van der Waals surface area contributed by atoms with Crippen molar-refractivity contribution in [3.63, 3.8) is 0 Å². The highest BCUT2D eigenvalue weighted by Gasteiger charge is 2.18. The van der Waals surface area contributed by atoms with Crippen LogP contribution in [-0.2, 0) is 12.0 Å². The summed E-state index contributed by atoms with van der Waals surface area (Å²) in [6.45, 7) is 7.35. The van der Waals surface area contributed by atoms with Gasteiger partial charge in [0.1, 0.15) is 5.69 Å². The number of carbonyl (C=O) groups excluding carboxylic acids is 1. The number of nitrogens with zero attached hydrogens (tertiary/aromatic N) is 3. The predicted octanol–water partition coefficient (Wildman–Crippen LogP) is 1.11. The van der Waals surface area contributed by atoms with E-state index in [1.54, 1.807) is 17.1 Å². The Morgan fingerprint density at radius 3 is 2.85 bits per heavy atom. The number of nitrogens with two attached hydrogens (primary N) is 1. The molecule has 0 fully saturated rings. The first kappa shape index (κ1) is 14.3. The third kappa shape index (κ3) is 3.24. The number of aromatic amines is 1. The van der Waals surface area contributed by atoms with Crippen molar-refractivity contribution >= 4 is 11.7 Å². The highest BCUT2D eigenvalue weighted by molar-refractivity contribution is 6.02. The normalized spacial score (nSPS) is 11.6. The zero-order valence-electron chi connectivity index (χ0n) is 12.0. The van der Waals surface area contributed by atoms with Crippen molar-refractivity contribution in [2.75, 3.05) is 11.9 Å². The Morgan fingerprint density at radius 2 is 2.25 bits per heavy atom. The SMILES string of the molecule is CC(C)(C)c1cc(NC(=O)c2cn(CCN)cn2)n[nH]1. The van der Waals surface area contributed by atoms with Gasteiger partial charge >= 0.3 is 0 Å². The topological polar surface area (TPSA) is 102 Å². The van der Waals surface area contributed by atoms with Gasteiger partial charge in [-0.3, -0.25) is 9.89 Å². The van der Waals surface area contributed by atoms with Crippen LogP contribution in [-0.4, -0.2) is 32.2 Å². The smallest absolute Gasteiger partial charge is 0.277 e. The molecular formula is C13H20N6O. The van der Waals surface area contributed by atoms with Gasteiger partial charge in [0.2, 0.25) is 0 Å². The minimum Gasteiger partial charge on any atom is -0.335 e. The van der Waals surface area contributed by atoms with Crippen LogP contribution in [0.1, 0.15) is 37.0 Å². The van der Waals surface area contributed by atoms with Crippen LogP contribution in [0.4, 0.5) is 5.82 Å². The molecule has 0 atom stereocenters. The molecule has 0 aliphatic rings. The number of imidazole rings is 1. The van der Waals surface area contributed by atoms with E-state index in [1.165, 1.54) is 0 Å². The van der Waals surface area contributed by atoms with Crippen molar-refractivity contribution < 1.29 is 4.79 Å². The molecule has 108 valence electrons. The van der Waals surface area contributed by atoms with Gasteiger partial charge < -0.3 is 15.6 Å². The number of H-pyrrole nitrogens is 1. The van der Waals surface area contributed by atoms with Crippen LogP contribution in [0.25, 0.3) is 0 Å². The fraction of sp³-hybridized carbons (Fsp3) is 0.462. The van der Waals surface area contributed by atoms with E-state index in [-0.39, 0.29) is 11.3 Å². The molecule has 2 aromatic rings. The molecule has 2 rings (SSSR count). The van der Waals surface area contributed by atoms with Crippen LogP contribution in [0.3, 0.4) is 0 Å². The van der Waals surface area contributed by atoms with E-state index < -0.39 is 0 Å². The summed E-state index contributed by atoms with van der Waals surface area (Å²) in [5, 5.41) is 9.72. The minimum absolute atomic E-state index is 0.0430. The molecule has 7 nitrogen and oxygen atoms in total. The van der Waals surface area contributed by atoms with Crippen molar-refractivity contribution in [3.05, 3.63) is 30.0 Å². The highest BCUT2D eigenvalue weighted by atomic mass is 16.2. The van der Waals surface area contributed by atoms with E-state index in [1.807, 2.05) is 6.07 Å². The third-order valence-corrected chi connectivity index (χ3v) is 2.88. The maximum Gasteiger partial charge on any atom is 0.277 e. The van der Waals surface area contributed by atoms with Crippen LogP contribution in [0.15, 0.2) is 18.6 Å². The van der Waals surface area contributed by atoms with Crippen LogP contribution in [0.5, 0.6) is 0 Å². The standard InChI is InChI=1S/C13H20N6O/c1-13(2,3)10-6-11(18-17-10)16-12(20)9-7-19(5-4-14)8-15-9/h6-8H,4-5,14H2,1-3H3,(H2,16,17,18,20). The lowest BCUT2D eigenvalue weighted by molar-refractivity contribution is 0.102. The Balaban J connectivity index is 2.05. The third-order valence-electron chi connectivity index (χ3n) is 2.88. The molecule has 0 radical (unpaired) electrons. The summed E-state index contributed by atoms with van der Waals surface area (Å²) in [5.74, 6) is 0.209. The van der Waals surface area contributed by atoms with Gasteiger partial charge in [-0.1, -0.05) is 20.8 Å². The number of rotatable bonds is 4. The Hall–Kier alpha value is -2.15. The van der Waals surface area contributed by atoms with Crippen LogP contribution in [0, 0.1) is 0 Å². The molecule has 20 heavy (non-hydrogen) atoms. The molecule has 0 aliphatic heterocycles. The lowest BCUT2D eigenvalue weighted by atomic mass is 9.92. The number of carbonyl (C=O) groups is 1. The minimum atomic E-state index is -0.285. The van der Waals surface area contributed by atoms with Crippen molar-refractivity contribution in [2.24, 2.45) is 5.73 Å². The van der Waals surface area contributed by atoms with E-state index in [2.05, 4.69) is 41.3 Å². The van der Waals surface area contributed by atoms with Gasteiger partial charge in [0.05, 0.1) is 6.33 Å². The molecule has 2 aromatic heterocycles. The van der Waals surface area contributed by atoms with Gasteiger partial charge in [0.25, 0.3) is 5.91 Å². The maximum absolute atomic E-state index is 12.0. The molecule has 0 aromatic carbocycles. The van der Waals surface area contributed by atoms with E-state index >= 15 is 0 Å². The Kier molecular flexibility index (Phi) is 3.89. The molecule has 1 amide bonds. The van der Waals surface area contributed by atoms with Gasteiger partial charge in [0, 0.05) is 36.5 Å². The second-order valence-electron chi connectivity index (χ2n) is 5.66. The van der Waals surface area contributed by atoms with Crippen LogP contribution in [0.2, 0.25) is 0 Å². The Bertz CT molecular complexity index is 592. The number of aromatic nitrogens is 4.